The summed E-state index contributed by atoms with van der Waals surface area (Å²) in [7, 11) is 0. The highest BCUT2D eigenvalue weighted by molar-refractivity contribution is 5.06. The molecule has 0 radical (unpaired) electrons. The number of unbranched alkanes of at least 4 members (excludes halogenated alkanes) is 1. The maximum Gasteiger partial charge on any atom is 0.172 e. The average Bonchev–Trinajstić information content (AvgIpc) is 3.52. The van der Waals surface area contributed by atoms with E-state index in [9.17, 15) is 10.4 Å². The van der Waals surface area contributed by atoms with Crippen LogP contribution in [0.15, 0.2) is 0 Å². The molecule has 246 valence electrons. The summed E-state index contributed by atoms with van der Waals surface area (Å²) in [4.78, 5) is 0. The third kappa shape index (κ3) is 6.88. The highest BCUT2D eigenvalue weighted by Crippen LogP contribution is 2.51. The van der Waals surface area contributed by atoms with Gasteiger partial charge in [0.05, 0.1) is 37.5 Å². The first-order valence-corrected chi connectivity index (χ1v) is 16.5. The standard InChI is InChI=1S/C32H60N2O8/c1-9-29(10-2)23-31(21-27(5,6)33(29)35)39-19-25(41-31)17-37-15-13-14-16-38-18-26-20-40-32(42-26)22-28(7,8)34(36)30(11-3,12-4)24-32/h25-26,35-36H,9-24H2,1-8H3. The fraction of sp³-hybridized carbons (Fsp3) is 1.00. The van der Waals surface area contributed by atoms with E-state index >= 15 is 0 Å². The lowest BCUT2D eigenvalue weighted by atomic mass is 9.73. The van der Waals surface area contributed by atoms with Gasteiger partial charge in [0, 0.05) is 50.0 Å². The van der Waals surface area contributed by atoms with Gasteiger partial charge < -0.3 is 38.8 Å². The Hall–Kier alpha value is -0.400. The number of nitrogens with zero attached hydrogens (tertiary/aromatic N) is 2. The number of piperidine rings is 2. The minimum Gasteiger partial charge on any atom is -0.379 e. The Morgan fingerprint density at radius 2 is 0.976 bits per heavy atom. The Labute approximate surface area is 254 Å². The Bertz CT molecular complexity index is 809. The van der Waals surface area contributed by atoms with E-state index in [1.165, 1.54) is 0 Å². The van der Waals surface area contributed by atoms with Gasteiger partial charge in [-0.3, -0.25) is 0 Å². The van der Waals surface area contributed by atoms with Gasteiger partial charge in [-0.05, 0) is 66.2 Å². The van der Waals surface area contributed by atoms with Crippen LogP contribution in [-0.4, -0.2) is 106 Å². The predicted molar refractivity (Wildman–Crippen MR) is 158 cm³/mol. The number of ether oxygens (including phenoxy) is 6. The molecule has 0 amide bonds. The van der Waals surface area contributed by atoms with Crippen molar-refractivity contribution in [3.8, 4) is 0 Å². The van der Waals surface area contributed by atoms with Crippen LogP contribution in [0.4, 0.5) is 0 Å². The fourth-order valence-corrected chi connectivity index (χ4v) is 8.23. The topological polar surface area (TPSA) is 102 Å². The molecule has 0 aromatic carbocycles. The maximum absolute atomic E-state index is 11.0. The zero-order valence-corrected chi connectivity index (χ0v) is 27.7. The van der Waals surface area contributed by atoms with Crippen LogP contribution in [0.2, 0.25) is 0 Å². The van der Waals surface area contributed by atoms with Crippen molar-refractivity contribution in [3.63, 3.8) is 0 Å². The van der Waals surface area contributed by atoms with Gasteiger partial charge in [-0.2, -0.15) is 10.1 Å². The Kier molecular flexibility index (Phi) is 10.8. The zero-order chi connectivity index (χ0) is 30.9. The first-order chi connectivity index (χ1) is 19.7. The quantitative estimate of drug-likeness (QED) is 0.257. The third-order valence-electron chi connectivity index (χ3n) is 10.5. The lowest BCUT2D eigenvalue weighted by molar-refractivity contribution is -0.327. The highest BCUT2D eigenvalue weighted by atomic mass is 16.8. The van der Waals surface area contributed by atoms with Crippen molar-refractivity contribution in [1.29, 1.82) is 0 Å². The molecule has 4 fully saturated rings. The van der Waals surface area contributed by atoms with E-state index < -0.39 is 22.7 Å². The molecule has 4 unspecified atom stereocenters. The van der Waals surface area contributed by atoms with Gasteiger partial charge >= 0.3 is 0 Å². The minimum absolute atomic E-state index is 0.0950. The lowest BCUT2D eigenvalue weighted by Gasteiger charge is -2.56. The van der Waals surface area contributed by atoms with Gasteiger partial charge in [0.25, 0.3) is 0 Å². The molecule has 2 spiro atoms. The molecule has 0 bridgehead atoms. The third-order valence-corrected chi connectivity index (χ3v) is 10.5. The van der Waals surface area contributed by atoms with Crippen molar-refractivity contribution in [2.24, 2.45) is 0 Å². The number of rotatable bonds is 13. The molecular formula is C32H60N2O8. The van der Waals surface area contributed by atoms with E-state index in [2.05, 4.69) is 55.4 Å². The molecule has 0 saturated carbocycles. The molecule has 4 aliphatic heterocycles. The molecule has 0 aromatic rings. The number of hydroxylamine groups is 4. The van der Waals surface area contributed by atoms with E-state index in [0.717, 1.165) is 38.5 Å². The zero-order valence-electron chi connectivity index (χ0n) is 27.7. The molecule has 2 N–H and O–H groups in total. The largest absolute Gasteiger partial charge is 0.379 e. The molecule has 4 heterocycles. The smallest absolute Gasteiger partial charge is 0.172 e. The van der Waals surface area contributed by atoms with E-state index in [0.29, 0.717) is 65.3 Å². The van der Waals surface area contributed by atoms with Crippen LogP contribution >= 0.6 is 0 Å². The summed E-state index contributed by atoms with van der Waals surface area (Å²) in [5.74, 6) is -1.33. The molecule has 10 heteroatoms. The van der Waals surface area contributed by atoms with Crippen LogP contribution in [0.5, 0.6) is 0 Å². The van der Waals surface area contributed by atoms with Crippen LogP contribution in [0, 0.1) is 0 Å². The summed E-state index contributed by atoms with van der Waals surface area (Å²) in [5.41, 5.74) is -1.56. The van der Waals surface area contributed by atoms with E-state index in [4.69, 9.17) is 28.4 Å². The normalized spacial score (nSPS) is 35.9. The van der Waals surface area contributed by atoms with Crippen LogP contribution in [0.3, 0.4) is 0 Å². The number of hydrogen-bond donors (Lipinski definition) is 2. The SMILES string of the molecule is CCC1(CC)CC2(CC(C)(C)N1O)OCC(COCCCCOCC1COC3(CC(C)(C)N(O)C(CC)(CC)C3)O1)O2. The van der Waals surface area contributed by atoms with Crippen molar-refractivity contribution in [2.75, 3.05) is 39.6 Å². The lowest BCUT2D eigenvalue weighted by Crippen LogP contribution is -2.66. The monoisotopic (exact) mass is 600 g/mol. The summed E-state index contributed by atoms with van der Waals surface area (Å²) in [5, 5.41) is 25.0. The van der Waals surface area contributed by atoms with Gasteiger partial charge in [0.15, 0.2) is 11.6 Å². The summed E-state index contributed by atoms with van der Waals surface area (Å²) in [6, 6.07) is 0. The van der Waals surface area contributed by atoms with Crippen LogP contribution in [0.1, 0.15) is 120 Å². The second-order valence-electron chi connectivity index (χ2n) is 14.6. The molecule has 10 nitrogen and oxygen atoms in total. The highest BCUT2D eigenvalue weighted by Gasteiger charge is 2.60. The summed E-state index contributed by atoms with van der Waals surface area (Å²) in [6.45, 7) is 20.1. The van der Waals surface area contributed by atoms with Gasteiger partial charge in [-0.25, -0.2) is 0 Å². The van der Waals surface area contributed by atoms with Crippen LogP contribution < -0.4 is 0 Å². The van der Waals surface area contributed by atoms with E-state index in [1.807, 2.05) is 0 Å². The average molecular weight is 601 g/mol. The van der Waals surface area contributed by atoms with Crippen molar-refractivity contribution in [1.82, 2.24) is 10.1 Å². The van der Waals surface area contributed by atoms with E-state index in [-0.39, 0.29) is 23.3 Å². The van der Waals surface area contributed by atoms with Crippen molar-refractivity contribution >= 4 is 0 Å². The van der Waals surface area contributed by atoms with Crippen LogP contribution in [-0.2, 0) is 28.4 Å². The van der Waals surface area contributed by atoms with Gasteiger partial charge in [-0.15, -0.1) is 0 Å². The molecule has 4 saturated heterocycles. The molecule has 0 aromatic heterocycles. The van der Waals surface area contributed by atoms with Crippen LogP contribution in [0.25, 0.3) is 0 Å². The Balaban J connectivity index is 1.12. The summed E-state index contributed by atoms with van der Waals surface area (Å²) in [6.07, 6.45) is 7.52. The van der Waals surface area contributed by atoms with Gasteiger partial charge in [0.1, 0.15) is 12.2 Å². The molecule has 4 rings (SSSR count). The number of hydrogen-bond acceptors (Lipinski definition) is 10. The van der Waals surface area contributed by atoms with Gasteiger partial charge in [-0.1, -0.05) is 27.7 Å². The molecule has 4 aliphatic rings. The fourth-order valence-electron chi connectivity index (χ4n) is 8.23. The van der Waals surface area contributed by atoms with Crippen molar-refractivity contribution in [3.05, 3.63) is 0 Å². The van der Waals surface area contributed by atoms with E-state index in [1.54, 1.807) is 10.1 Å². The van der Waals surface area contributed by atoms with Gasteiger partial charge in [0.2, 0.25) is 0 Å². The summed E-state index contributed by atoms with van der Waals surface area (Å²) >= 11 is 0. The van der Waals surface area contributed by atoms with Crippen molar-refractivity contribution in [2.45, 2.75) is 166 Å². The summed E-state index contributed by atoms with van der Waals surface area (Å²) < 4.78 is 37.4. The first kappa shape index (κ1) is 34.5. The second-order valence-corrected chi connectivity index (χ2v) is 14.6. The van der Waals surface area contributed by atoms with Crippen molar-refractivity contribution < 1.29 is 38.8 Å². The Morgan fingerprint density at radius 1 is 0.619 bits per heavy atom. The molecule has 0 aliphatic carbocycles. The molecular weight excluding hydrogens is 540 g/mol. The minimum atomic E-state index is -0.666. The predicted octanol–water partition coefficient (Wildman–Crippen LogP) is 5.67. The molecule has 42 heavy (non-hydrogen) atoms. The Morgan fingerprint density at radius 3 is 1.31 bits per heavy atom. The maximum atomic E-state index is 11.0. The molecule has 4 atom stereocenters. The second kappa shape index (κ2) is 13.1. The first-order valence-electron chi connectivity index (χ1n) is 16.5.